The van der Waals surface area contributed by atoms with E-state index in [1.165, 1.54) is 6.07 Å². The summed E-state index contributed by atoms with van der Waals surface area (Å²) < 4.78 is 14.1. The summed E-state index contributed by atoms with van der Waals surface area (Å²) in [5.74, 6) is -0.0477. The number of halogens is 1. The van der Waals surface area contributed by atoms with Crippen LogP contribution in [0, 0.1) is 11.2 Å². The number of carbonyl (C=O) groups excluding carboxylic acids is 1. The number of aliphatic hydroxyl groups is 1. The summed E-state index contributed by atoms with van der Waals surface area (Å²) in [6.45, 7) is 10.2. The lowest BCUT2D eigenvalue weighted by Crippen LogP contribution is -2.47. The van der Waals surface area contributed by atoms with Gasteiger partial charge < -0.3 is 14.9 Å². The molecule has 0 saturated carbocycles. The predicted molar refractivity (Wildman–Crippen MR) is 127 cm³/mol. The Labute approximate surface area is 190 Å². The molecule has 2 aromatic carbocycles. The standard InChI is InChI=1S/C26H34FN3O2/c1-26(2,3)25(32)30-12-6-7-19-17-20(10-11-22(19)30)24(31)18-28-13-15-29(16-14-28)23-9-5-4-8-21(23)27/h4-5,8-11,17,24,31H,6-7,12-16,18H2,1-3H3/t24-/m1/s1. The molecule has 0 unspecified atom stereocenters. The van der Waals surface area contributed by atoms with Crippen LogP contribution >= 0.6 is 0 Å². The number of amides is 1. The molecule has 0 aliphatic carbocycles. The van der Waals surface area contributed by atoms with Crippen LogP contribution in [-0.4, -0.2) is 55.2 Å². The first kappa shape index (κ1) is 22.7. The molecular formula is C26H34FN3O2. The molecule has 0 bridgehead atoms. The smallest absolute Gasteiger partial charge is 0.232 e. The highest BCUT2D eigenvalue weighted by molar-refractivity contribution is 5.98. The Morgan fingerprint density at radius 2 is 1.75 bits per heavy atom. The lowest BCUT2D eigenvalue weighted by Gasteiger charge is -2.37. The average Bonchev–Trinajstić information content (AvgIpc) is 2.78. The van der Waals surface area contributed by atoms with Gasteiger partial charge in [0.25, 0.3) is 0 Å². The highest BCUT2D eigenvalue weighted by atomic mass is 19.1. The summed E-state index contributed by atoms with van der Waals surface area (Å²) in [4.78, 5) is 19.1. The van der Waals surface area contributed by atoms with Crippen molar-refractivity contribution in [2.24, 2.45) is 5.41 Å². The van der Waals surface area contributed by atoms with Crippen molar-refractivity contribution in [1.29, 1.82) is 0 Å². The second-order valence-corrected chi connectivity index (χ2v) is 9.95. The number of aliphatic hydroxyl groups excluding tert-OH is 1. The van der Waals surface area contributed by atoms with Gasteiger partial charge in [0.15, 0.2) is 0 Å². The van der Waals surface area contributed by atoms with Crippen LogP contribution in [0.5, 0.6) is 0 Å². The third-order valence-corrected chi connectivity index (χ3v) is 6.49. The molecule has 1 atom stereocenters. The van der Waals surface area contributed by atoms with Crippen LogP contribution < -0.4 is 9.80 Å². The molecule has 0 aromatic heterocycles. The van der Waals surface area contributed by atoms with Crippen molar-refractivity contribution in [1.82, 2.24) is 4.90 Å². The molecule has 1 N–H and O–H groups in total. The summed E-state index contributed by atoms with van der Waals surface area (Å²) >= 11 is 0. The normalized spacial score (nSPS) is 18.4. The average molecular weight is 440 g/mol. The van der Waals surface area contributed by atoms with E-state index < -0.39 is 11.5 Å². The van der Waals surface area contributed by atoms with Crippen molar-refractivity contribution in [3.63, 3.8) is 0 Å². The Kier molecular flexibility index (Phi) is 6.54. The Hall–Kier alpha value is -2.44. The largest absolute Gasteiger partial charge is 0.387 e. The van der Waals surface area contributed by atoms with Crippen LogP contribution in [0.4, 0.5) is 15.8 Å². The van der Waals surface area contributed by atoms with E-state index in [1.807, 2.05) is 49.9 Å². The van der Waals surface area contributed by atoms with Gasteiger partial charge in [-0.2, -0.15) is 0 Å². The molecule has 2 heterocycles. The second kappa shape index (κ2) is 9.20. The molecule has 172 valence electrons. The number of piperazine rings is 1. The van der Waals surface area contributed by atoms with Crippen molar-refractivity contribution >= 4 is 17.3 Å². The zero-order chi connectivity index (χ0) is 22.9. The van der Waals surface area contributed by atoms with Gasteiger partial charge in [-0.05, 0) is 42.2 Å². The van der Waals surface area contributed by atoms with Gasteiger partial charge in [-0.15, -0.1) is 0 Å². The van der Waals surface area contributed by atoms with Crippen molar-refractivity contribution in [2.45, 2.75) is 39.7 Å². The summed E-state index contributed by atoms with van der Waals surface area (Å²) in [5, 5.41) is 10.9. The summed E-state index contributed by atoms with van der Waals surface area (Å²) in [7, 11) is 0. The molecule has 1 amide bonds. The molecule has 2 aliphatic heterocycles. The minimum Gasteiger partial charge on any atom is -0.387 e. The molecule has 2 aromatic rings. The first-order valence-corrected chi connectivity index (χ1v) is 11.6. The van der Waals surface area contributed by atoms with Crippen LogP contribution in [0.15, 0.2) is 42.5 Å². The fourth-order valence-electron chi connectivity index (χ4n) is 4.67. The first-order chi connectivity index (χ1) is 15.2. The Morgan fingerprint density at radius 1 is 1.03 bits per heavy atom. The molecule has 32 heavy (non-hydrogen) atoms. The number of anilines is 2. The van der Waals surface area contributed by atoms with E-state index in [1.54, 1.807) is 6.07 Å². The molecule has 2 aliphatic rings. The van der Waals surface area contributed by atoms with Crippen LogP contribution in [-0.2, 0) is 11.2 Å². The summed E-state index contributed by atoms with van der Waals surface area (Å²) in [6.07, 6.45) is 1.27. The first-order valence-electron chi connectivity index (χ1n) is 11.6. The topological polar surface area (TPSA) is 47.0 Å². The molecule has 6 heteroatoms. The molecule has 4 rings (SSSR count). The maximum absolute atomic E-state index is 14.1. The van der Waals surface area contributed by atoms with Gasteiger partial charge in [0, 0.05) is 50.4 Å². The fourth-order valence-corrected chi connectivity index (χ4v) is 4.67. The van der Waals surface area contributed by atoms with E-state index in [-0.39, 0.29) is 11.7 Å². The van der Waals surface area contributed by atoms with E-state index in [9.17, 15) is 14.3 Å². The minimum atomic E-state index is -0.589. The van der Waals surface area contributed by atoms with Crippen LogP contribution in [0.1, 0.15) is 44.4 Å². The monoisotopic (exact) mass is 439 g/mol. The van der Waals surface area contributed by atoms with E-state index >= 15 is 0 Å². The van der Waals surface area contributed by atoms with E-state index in [4.69, 9.17) is 0 Å². The lowest BCUT2D eigenvalue weighted by atomic mass is 9.91. The van der Waals surface area contributed by atoms with Crippen molar-refractivity contribution in [3.05, 3.63) is 59.4 Å². The van der Waals surface area contributed by atoms with Crippen molar-refractivity contribution in [3.8, 4) is 0 Å². The summed E-state index contributed by atoms with van der Waals surface area (Å²) in [5.41, 5.74) is 3.24. The third-order valence-electron chi connectivity index (χ3n) is 6.49. The summed E-state index contributed by atoms with van der Waals surface area (Å²) in [6, 6.07) is 12.9. The van der Waals surface area contributed by atoms with Crippen molar-refractivity contribution < 1.29 is 14.3 Å². The number of aryl methyl sites for hydroxylation is 1. The number of nitrogens with zero attached hydrogens (tertiary/aromatic N) is 3. The highest BCUT2D eigenvalue weighted by Gasteiger charge is 2.31. The SMILES string of the molecule is CC(C)(C)C(=O)N1CCCc2cc([C@H](O)CN3CCN(c4ccccc4F)CC3)ccc21. The molecular weight excluding hydrogens is 405 g/mol. The van der Waals surface area contributed by atoms with Crippen LogP contribution in [0.2, 0.25) is 0 Å². The lowest BCUT2D eigenvalue weighted by molar-refractivity contribution is -0.125. The minimum absolute atomic E-state index is 0.138. The van der Waals surface area contributed by atoms with Crippen LogP contribution in [0.3, 0.4) is 0 Å². The third kappa shape index (κ3) is 4.81. The zero-order valence-corrected chi connectivity index (χ0v) is 19.4. The van der Waals surface area contributed by atoms with Gasteiger partial charge in [0.05, 0.1) is 11.8 Å². The van der Waals surface area contributed by atoms with E-state index in [0.717, 1.165) is 62.4 Å². The highest BCUT2D eigenvalue weighted by Crippen LogP contribution is 2.33. The number of carbonyl (C=O) groups is 1. The number of benzene rings is 2. The fraction of sp³-hybridized carbons (Fsp3) is 0.500. The van der Waals surface area contributed by atoms with Gasteiger partial charge in [-0.25, -0.2) is 4.39 Å². The zero-order valence-electron chi connectivity index (χ0n) is 19.4. The number of para-hydroxylation sites is 1. The number of fused-ring (bicyclic) bond motifs is 1. The molecule has 1 fully saturated rings. The Bertz CT molecular complexity index is 964. The second-order valence-electron chi connectivity index (χ2n) is 9.95. The molecule has 0 radical (unpaired) electrons. The van der Waals surface area contributed by atoms with Gasteiger partial charge in [0.2, 0.25) is 5.91 Å². The number of hydrogen-bond donors (Lipinski definition) is 1. The van der Waals surface area contributed by atoms with E-state index in [2.05, 4.69) is 15.9 Å². The molecule has 1 saturated heterocycles. The number of rotatable bonds is 4. The van der Waals surface area contributed by atoms with Gasteiger partial charge >= 0.3 is 0 Å². The van der Waals surface area contributed by atoms with Gasteiger partial charge in [-0.3, -0.25) is 9.69 Å². The molecule has 5 nitrogen and oxygen atoms in total. The number of hydrogen-bond acceptors (Lipinski definition) is 4. The van der Waals surface area contributed by atoms with Crippen LogP contribution in [0.25, 0.3) is 0 Å². The quantitative estimate of drug-likeness (QED) is 0.782. The Morgan fingerprint density at radius 3 is 2.44 bits per heavy atom. The number of β-amino-alcohol motifs (C(OH)–C–C–N with tert-alkyl or cyclic N) is 1. The van der Waals surface area contributed by atoms with Crippen molar-refractivity contribution in [2.75, 3.05) is 49.1 Å². The maximum atomic E-state index is 14.1. The van der Waals surface area contributed by atoms with Gasteiger partial charge in [-0.1, -0.05) is 45.0 Å². The predicted octanol–water partition coefficient (Wildman–Crippen LogP) is 4.01. The molecule has 0 spiro atoms. The maximum Gasteiger partial charge on any atom is 0.232 e. The Balaban J connectivity index is 1.39. The van der Waals surface area contributed by atoms with E-state index in [0.29, 0.717) is 12.2 Å². The van der Waals surface area contributed by atoms with Gasteiger partial charge in [0.1, 0.15) is 5.82 Å².